The van der Waals surface area contributed by atoms with E-state index in [0.29, 0.717) is 0 Å². The summed E-state index contributed by atoms with van der Waals surface area (Å²) in [6.45, 7) is 5.11. The standard InChI is InChI=1S/C13H17N3/c1-11-9-12(2)16(15-11)8-4-6-13-5-3-7-14-10-13/h3,5,7,9-10H,4,6,8H2,1-2H3. The van der Waals surface area contributed by atoms with Gasteiger partial charge in [-0.3, -0.25) is 9.67 Å². The Bertz CT molecular complexity index is 445. The maximum absolute atomic E-state index is 4.44. The van der Waals surface area contributed by atoms with Gasteiger partial charge in [-0.15, -0.1) is 0 Å². The summed E-state index contributed by atoms with van der Waals surface area (Å²) in [4.78, 5) is 4.11. The fraction of sp³-hybridized carbons (Fsp3) is 0.385. The minimum Gasteiger partial charge on any atom is -0.270 e. The molecule has 0 aliphatic rings. The molecule has 0 saturated carbocycles. The first kappa shape index (κ1) is 10.9. The Morgan fingerprint density at radius 1 is 1.31 bits per heavy atom. The van der Waals surface area contributed by atoms with Crippen LogP contribution in [0.5, 0.6) is 0 Å². The minimum atomic E-state index is 0.981. The van der Waals surface area contributed by atoms with E-state index in [1.54, 1.807) is 0 Å². The minimum absolute atomic E-state index is 0.981. The Kier molecular flexibility index (Phi) is 3.34. The van der Waals surface area contributed by atoms with Crippen LogP contribution in [-0.2, 0) is 13.0 Å². The highest BCUT2D eigenvalue weighted by atomic mass is 15.3. The second kappa shape index (κ2) is 4.92. The lowest BCUT2D eigenvalue weighted by Gasteiger charge is -2.04. The highest BCUT2D eigenvalue weighted by molar-refractivity contribution is 5.09. The molecule has 2 aromatic rings. The number of hydrogen-bond donors (Lipinski definition) is 0. The molecule has 84 valence electrons. The molecule has 2 heterocycles. The smallest absolute Gasteiger partial charge is 0.0596 e. The summed E-state index contributed by atoms with van der Waals surface area (Å²) in [5.41, 5.74) is 3.63. The van der Waals surface area contributed by atoms with Crippen molar-refractivity contribution in [3.05, 3.63) is 47.5 Å². The summed E-state index contributed by atoms with van der Waals surface area (Å²) in [6.07, 6.45) is 5.91. The van der Waals surface area contributed by atoms with Crippen LogP contribution in [0.25, 0.3) is 0 Å². The van der Waals surface area contributed by atoms with Gasteiger partial charge < -0.3 is 0 Å². The van der Waals surface area contributed by atoms with Crippen molar-refractivity contribution in [1.82, 2.24) is 14.8 Å². The first-order valence-electron chi connectivity index (χ1n) is 5.65. The van der Waals surface area contributed by atoms with Gasteiger partial charge >= 0.3 is 0 Å². The summed E-state index contributed by atoms with van der Waals surface area (Å²) in [6, 6.07) is 6.22. The second-order valence-electron chi connectivity index (χ2n) is 4.12. The lowest BCUT2D eigenvalue weighted by Crippen LogP contribution is -2.03. The number of rotatable bonds is 4. The lowest BCUT2D eigenvalue weighted by molar-refractivity contribution is 0.562. The monoisotopic (exact) mass is 215 g/mol. The third-order valence-electron chi connectivity index (χ3n) is 2.66. The summed E-state index contributed by atoms with van der Waals surface area (Å²) < 4.78 is 2.08. The molecule has 3 heteroatoms. The molecule has 2 aromatic heterocycles. The molecule has 16 heavy (non-hydrogen) atoms. The normalized spacial score (nSPS) is 10.6. The van der Waals surface area contributed by atoms with Crippen LogP contribution in [0.1, 0.15) is 23.4 Å². The summed E-state index contributed by atoms with van der Waals surface area (Å²) in [7, 11) is 0. The molecule has 3 nitrogen and oxygen atoms in total. The zero-order valence-corrected chi connectivity index (χ0v) is 9.85. The van der Waals surface area contributed by atoms with E-state index in [2.05, 4.69) is 33.8 Å². The highest BCUT2D eigenvalue weighted by Crippen LogP contribution is 2.05. The average molecular weight is 215 g/mol. The molecule has 0 N–H and O–H groups in total. The molecule has 0 aliphatic carbocycles. The Morgan fingerprint density at radius 2 is 2.19 bits per heavy atom. The SMILES string of the molecule is Cc1cc(C)n(CCCc2cccnc2)n1. The van der Waals surface area contributed by atoms with Gasteiger partial charge in [0, 0.05) is 24.6 Å². The van der Waals surface area contributed by atoms with Gasteiger partial charge in [0.15, 0.2) is 0 Å². The van der Waals surface area contributed by atoms with Crippen molar-refractivity contribution >= 4 is 0 Å². The molecule has 0 aliphatic heterocycles. The molecule has 0 aromatic carbocycles. The van der Waals surface area contributed by atoms with Crippen LogP contribution in [0, 0.1) is 13.8 Å². The fourth-order valence-corrected chi connectivity index (χ4v) is 1.88. The van der Waals surface area contributed by atoms with Crippen LogP contribution in [0.2, 0.25) is 0 Å². The molecule has 0 radical (unpaired) electrons. The van der Waals surface area contributed by atoms with Gasteiger partial charge in [0.2, 0.25) is 0 Å². The quantitative estimate of drug-likeness (QED) is 0.784. The van der Waals surface area contributed by atoms with Gasteiger partial charge in [0.05, 0.1) is 5.69 Å². The summed E-state index contributed by atoms with van der Waals surface area (Å²) in [5, 5.41) is 4.44. The summed E-state index contributed by atoms with van der Waals surface area (Å²) >= 11 is 0. The van der Waals surface area contributed by atoms with Crippen molar-refractivity contribution in [2.24, 2.45) is 0 Å². The van der Waals surface area contributed by atoms with Gasteiger partial charge in [0.25, 0.3) is 0 Å². The molecule has 0 saturated heterocycles. The molecule has 0 unspecified atom stereocenters. The van der Waals surface area contributed by atoms with Crippen molar-refractivity contribution in [3.63, 3.8) is 0 Å². The van der Waals surface area contributed by atoms with Crippen molar-refractivity contribution in [2.75, 3.05) is 0 Å². The van der Waals surface area contributed by atoms with E-state index >= 15 is 0 Å². The maximum atomic E-state index is 4.44. The molecule has 0 fully saturated rings. The number of nitrogens with zero attached hydrogens (tertiary/aromatic N) is 3. The zero-order chi connectivity index (χ0) is 11.4. The lowest BCUT2D eigenvalue weighted by atomic mass is 10.1. The Morgan fingerprint density at radius 3 is 2.81 bits per heavy atom. The fourth-order valence-electron chi connectivity index (χ4n) is 1.88. The molecule has 0 spiro atoms. The average Bonchev–Trinajstić information content (AvgIpc) is 2.59. The molecule has 2 rings (SSSR count). The number of hydrogen-bond acceptors (Lipinski definition) is 2. The molecular weight excluding hydrogens is 198 g/mol. The molecule has 0 bridgehead atoms. The van der Waals surface area contributed by atoms with E-state index in [1.165, 1.54) is 11.3 Å². The Balaban J connectivity index is 1.87. The van der Waals surface area contributed by atoms with Crippen LogP contribution < -0.4 is 0 Å². The first-order valence-corrected chi connectivity index (χ1v) is 5.65. The third-order valence-corrected chi connectivity index (χ3v) is 2.66. The van der Waals surface area contributed by atoms with Crippen molar-refractivity contribution in [2.45, 2.75) is 33.2 Å². The highest BCUT2D eigenvalue weighted by Gasteiger charge is 2.00. The van der Waals surface area contributed by atoms with Crippen molar-refractivity contribution in [3.8, 4) is 0 Å². The number of aryl methyl sites for hydroxylation is 4. The van der Waals surface area contributed by atoms with Gasteiger partial charge in [-0.25, -0.2) is 0 Å². The van der Waals surface area contributed by atoms with Crippen LogP contribution in [0.3, 0.4) is 0 Å². The molecule has 0 amide bonds. The van der Waals surface area contributed by atoms with E-state index < -0.39 is 0 Å². The van der Waals surface area contributed by atoms with Gasteiger partial charge in [-0.2, -0.15) is 5.10 Å². The van der Waals surface area contributed by atoms with Crippen LogP contribution in [0.15, 0.2) is 30.6 Å². The second-order valence-corrected chi connectivity index (χ2v) is 4.12. The molecule has 0 atom stereocenters. The van der Waals surface area contributed by atoms with E-state index in [9.17, 15) is 0 Å². The third kappa shape index (κ3) is 2.69. The van der Waals surface area contributed by atoms with E-state index in [0.717, 1.165) is 25.1 Å². The predicted octanol–water partition coefficient (Wildman–Crippen LogP) is 2.53. The van der Waals surface area contributed by atoms with Crippen molar-refractivity contribution < 1.29 is 0 Å². The van der Waals surface area contributed by atoms with Crippen LogP contribution in [0.4, 0.5) is 0 Å². The van der Waals surface area contributed by atoms with Crippen LogP contribution in [-0.4, -0.2) is 14.8 Å². The summed E-state index contributed by atoms with van der Waals surface area (Å²) in [5.74, 6) is 0. The topological polar surface area (TPSA) is 30.7 Å². The van der Waals surface area contributed by atoms with E-state index in [1.807, 2.05) is 25.4 Å². The van der Waals surface area contributed by atoms with Crippen molar-refractivity contribution in [1.29, 1.82) is 0 Å². The number of aromatic nitrogens is 3. The van der Waals surface area contributed by atoms with E-state index in [-0.39, 0.29) is 0 Å². The first-order chi connectivity index (χ1) is 7.75. The van der Waals surface area contributed by atoms with E-state index in [4.69, 9.17) is 0 Å². The largest absolute Gasteiger partial charge is 0.270 e. The Hall–Kier alpha value is -1.64. The maximum Gasteiger partial charge on any atom is 0.0596 e. The molecular formula is C13H17N3. The predicted molar refractivity (Wildman–Crippen MR) is 64.3 cm³/mol. The van der Waals surface area contributed by atoms with Gasteiger partial charge in [0.1, 0.15) is 0 Å². The van der Waals surface area contributed by atoms with Gasteiger partial charge in [-0.1, -0.05) is 6.07 Å². The van der Waals surface area contributed by atoms with Crippen LogP contribution >= 0.6 is 0 Å². The number of pyridine rings is 1. The zero-order valence-electron chi connectivity index (χ0n) is 9.85. The van der Waals surface area contributed by atoms with Gasteiger partial charge in [-0.05, 0) is 44.4 Å². The Labute approximate surface area is 96.1 Å².